The molecular formula is C20H33NO5. The summed E-state index contributed by atoms with van der Waals surface area (Å²) in [6.07, 6.45) is 3.68. The van der Waals surface area contributed by atoms with Crippen molar-refractivity contribution in [3.8, 4) is 5.75 Å². The van der Waals surface area contributed by atoms with Crippen molar-refractivity contribution in [1.82, 2.24) is 0 Å². The van der Waals surface area contributed by atoms with Gasteiger partial charge in [-0.3, -0.25) is 4.79 Å². The average molecular weight is 367 g/mol. The maximum atomic E-state index is 10.7. The zero-order valence-corrected chi connectivity index (χ0v) is 16.1. The number of hydrogen-bond acceptors (Lipinski definition) is 6. The number of rotatable bonds is 17. The lowest BCUT2D eigenvalue weighted by Crippen LogP contribution is -2.08. The zero-order valence-electron chi connectivity index (χ0n) is 16.1. The van der Waals surface area contributed by atoms with Crippen LogP contribution in [0.4, 0.5) is 5.69 Å². The molecule has 0 spiro atoms. The molecule has 6 nitrogen and oxygen atoms in total. The smallest absolute Gasteiger partial charge is 0.155 e. The Bertz CT molecular complexity index is 464. The summed E-state index contributed by atoms with van der Waals surface area (Å²) in [7, 11) is 1.90. The summed E-state index contributed by atoms with van der Waals surface area (Å²) in [6.45, 7) is 5.83. The molecule has 0 saturated heterocycles. The van der Waals surface area contributed by atoms with E-state index in [1.807, 2.05) is 31.3 Å². The fourth-order valence-corrected chi connectivity index (χ4v) is 2.16. The minimum Gasteiger partial charge on any atom is -0.494 e. The Kier molecular flexibility index (Phi) is 13.5. The van der Waals surface area contributed by atoms with Crippen LogP contribution < -0.4 is 10.1 Å². The third-order valence-electron chi connectivity index (χ3n) is 3.55. The Morgan fingerprint density at radius 3 is 1.92 bits per heavy atom. The lowest BCUT2D eigenvalue weighted by Gasteiger charge is -2.08. The van der Waals surface area contributed by atoms with Crippen molar-refractivity contribution in [2.75, 3.05) is 58.6 Å². The standard InChI is InChI=1S/C20H33NO5/c1-18(22)17-25-15-5-13-23-11-3-4-12-24-14-6-16-26-20-9-7-19(21-2)8-10-20/h7-10,21H,3-6,11-17H2,1-2H3. The zero-order chi connectivity index (χ0) is 18.9. The first-order valence-electron chi connectivity index (χ1n) is 9.35. The van der Waals surface area contributed by atoms with Crippen LogP contribution in [0.5, 0.6) is 5.75 Å². The van der Waals surface area contributed by atoms with E-state index in [4.69, 9.17) is 18.9 Å². The van der Waals surface area contributed by atoms with Gasteiger partial charge in [-0.05, 0) is 50.5 Å². The summed E-state index contributed by atoms with van der Waals surface area (Å²) in [4.78, 5) is 10.7. The van der Waals surface area contributed by atoms with Gasteiger partial charge in [0.25, 0.3) is 0 Å². The molecule has 0 heterocycles. The Morgan fingerprint density at radius 1 is 0.808 bits per heavy atom. The average Bonchev–Trinajstić information content (AvgIpc) is 2.65. The van der Waals surface area contributed by atoms with E-state index < -0.39 is 0 Å². The molecule has 0 saturated carbocycles. The van der Waals surface area contributed by atoms with E-state index in [1.54, 1.807) is 0 Å². The highest BCUT2D eigenvalue weighted by Gasteiger charge is 1.96. The maximum absolute atomic E-state index is 10.7. The van der Waals surface area contributed by atoms with Gasteiger partial charge in [-0.25, -0.2) is 0 Å². The van der Waals surface area contributed by atoms with Crippen molar-refractivity contribution in [3.63, 3.8) is 0 Å². The Labute approximate surface area is 157 Å². The van der Waals surface area contributed by atoms with Crippen LogP contribution in [0, 0.1) is 0 Å². The van der Waals surface area contributed by atoms with Gasteiger partial charge in [0.1, 0.15) is 12.4 Å². The normalized spacial score (nSPS) is 10.7. The van der Waals surface area contributed by atoms with Gasteiger partial charge in [-0.1, -0.05) is 0 Å². The van der Waals surface area contributed by atoms with Crippen LogP contribution in [-0.4, -0.2) is 59.1 Å². The van der Waals surface area contributed by atoms with Crippen molar-refractivity contribution in [2.24, 2.45) is 0 Å². The summed E-state index contributed by atoms with van der Waals surface area (Å²) in [5, 5.41) is 3.08. The van der Waals surface area contributed by atoms with E-state index in [1.165, 1.54) is 6.92 Å². The van der Waals surface area contributed by atoms with Crippen molar-refractivity contribution >= 4 is 11.5 Å². The summed E-state index contributed by atoms with van der Waals surface area (Å²) in [6, 6.07) is 7.91. The second kappa shape index (κ2) is 15.6. The molecule has 1 N–H and O–H groups in total. The molecule has 0 bridgehead atoms. The molecule has 1 aromatic carbocycles. The SMILES string of the molecule is CNc1ccc(OCCCOCCCCOCCCOCC(C)=O)cc1. The minimum atomic E-state index is 0.0562. The molecule has 0 aliphatic heterocycles. The first kappa shape index (κ1) is 22.4. The maximum Gasteiger partial charge on any atom is 0.155 e. The monoisotopic (exact) mass is 367 g/mol. The van der Waals surface area contributed by atoms with Crippen molar-refractivity contribution in [1.29, 1.82) is 0 Å². The predicted octanol–water partition coefficient (Wildman–Crippen LogP) is 3.31. The first-order valence-corrected chi connectivity index (χ1v) is 9.35. The van der Waals surface area contributed by atoms with Gasteiger partial charge >= 0.3 is 0 Å². The second-order valence-electron chi connectivity index (χ2n) is 6.02. The third kappa shape index (κ3) is 12.7. The van der Waals surface area contributed by atoms with Gasteiger partial charge in [-0.2, -0.15) is 0 Å². The summed E-state index contributed by atoms with van der Waals surface area (Å²) >= 11 is 0. The number of unbranched alkanes of at least 4 members (excludes halogenated alkanes) is 1. The highest BCUT2D eigenvalue weighted by atomic mass is 16.5. The topological polar surface area (TPSA) is 66.0 Å². The fraction of sp³-hybridized carbons (Fsp3) is 0.650. The molecule has 0 radical (unpaired) electrons. The molecule has 26 heavy (non-hydrogen) atoms. The number of hydrogen-bond donors (Lipinski definition) is 1. The predicted molar refractivity (Wildman–Crippen MR) is 103 cm³/mol. The molecule has 0 amide bonds. The summed E-state index contributed by atoms with van der Waals surface area (Å²) < 4.78 is 21.9. The molecule has 0 fully saturated rings. The molecule has 0 unspecified atom stereocenters. The van der Waals surface area contributed by atoms with E-state index >= 15 is 0 Å². The number of carbonyl (C=O) groups excluding carboxylic acids is 1. The van der Waals surface area contributed by atoms with E-state index in [0.29, 0.717) is 26.4 Å². The van der Waals surface area contributed by atoms with E-state index in [2.05, 4.69) is 5.32 Å². The second-order valence-corrected chi connectivity index (χ2v) is 6.02. The van der Waals surface area contributed by atoms with Gasteiger partial charge in [0.15, 0.2) is 5.78 Å². The number of benzene rings is 1. The Balaban J connectivity index is 1.78. The molecule has 1 aromatic rings. The first-order chi connectivity index (χ1) is 12.7. The van der Waals surface area contributed by atoms with Crippen LogP contribution in [-0.2, 0) is 19.0 Å². The number of anilines is 1. The fourth-order valence-electron chi connectivity index (χ4n) is 2.16. The van der Waals surface area contributed by atoms with Crippen LogP contribution in [0.1, 0.15) is 32.6 Å². The molecule has 6 heteroatoms. The largest absolute Gasteiger partial charge is 0.494 e. The number of ether oxygens (including phenoxy) is 4. The minimum absolute atomic E-state index is 0.0562. The lowest BCUT2D eigenvalue weighted by atomic mass is 10.3. The third-order valence-corrected chi connectivity index (χ3v) is 3.55. The van der Waals surface area contributed by atoms with Gasteiger partial charge < -0.3 is 24.3 Å². The quantitative estimate of drug-likeness (QED) is 0.426. The summed E-state index contributed by atoms with van der Waals surface area (Å²) in [5.41, 5.74) is 1.07. The van der Waals surface area contributed by atoms with Crippen molar-refractivity contribution in [2.45, 2.75) is 32.6 Å². The van der Waals surface area contributed by atoms with Crippen LogP contribution in [0.15, 0.2) is 24.3 Å². The molecule has 148 valence electrons. The van der Waals surface area contributed by atoms with E-state index in [0.717, 1.165) is 50.3 Å². The van der Waals surface area contributed by atoms with Crippen molar-refractivity contribution < 1.29 is 23.7 Å². The van der Waals surface area contributed by atoms with Gasteiger partial charge in [0, 0.05) is 52.2 Å². The molecule has 0 aromatic heterocycles. The number of carbonyl (C=O) groups is 1. The van der Waals surface area contributed by atoms with E-state index in [9.17, 15) is 4.79 Å². The van der Waals surface area contributed by atoms with Gasteiger partial charge in [-0.15, -0.1) is 0 Å². The Hall–Kier alpha value is -1.63. The van der Waals surface area contributed by atoms with Crippen molar-refractivity contribution in [3.05, 3.63) is 24.3 Å². The van der Waals surface area contributed by atoms with Crippen LogP contribution in [0.25, 0.3) is 0 Å². The number of ketones is 1. The van der Waals surface area contributed by atoms with Crippen LogP contribution in [0.2, 0.25) is 0 Å². The van der Waals surface area contributed by atoms with Gasteiger partial charge in [0.05, 0.1) is 6.61 Å². The highest BCUT2D eigenvalue weighted by molar-refractivity contribution is 5.76. The molecule has 1 rings (SSSR count). The molecule has 0 aliphatic rings. The Morgan fingerprint density at radius 2 is 1.35 bits per heavy atom. The van der Waals surface area contributed by atoms with E-state index in [-0.39, 0.29) is 12.4 Å². The molecule has 0 aliphatic carbocycles. The molecule has 0 atom stereocenters. The molecular weight excluding hydrogens is 334 g/mol. The van der Waals surface area contributed by atoms with Gasteiger partial charge in [0.2, 0.25) is 0 Å². The van der Waals surface area contributed by atoms with Crippen LogP contribution >= 0.6 is 0 Å². The summed E-state index contributed by atoms with van der Waals surface area (Å²) in [5.74, 6) is 0.938. The number of nitrogens with one attached hydrogen (secondary N) is 1. The highest BCUT2D eigenvalue weighted by Crippen LogP contribution is 2.15. The number of Topliss-reactive ketones (excluding diaryl/α,β-unsaturated/α-hetero) is 1. The lowest BCUT2D eigenvalue weighted by molar-refractivity contribution is -0.121. The van der Waals surface area contributed by atoms with Crippen LogP contribution in [0.3, 0.4) is 0 Å².